The third-order valence-electron chi connectivity index (χ3n) is 1.26. The van der Waals surface area contributed by atoms with Gasteiger partial charge in [-0.2, -0.15) is 8.78 Å². The van der Waals surface area contributed by atoms with Crippen molar-refractivity contribution in [3.05, 3.63) is 22.9 Å². The fourth-order valence-corrected chi connectivity index (χ4v) is 1.01. The van der Waals surface area contributed by atoms with Gasteiger partial charge in [-0.3, -0.25) is 4.57 Å². The van der Waals surface area contributed by atoms with Gasteiger partial charge in [-0.15, -0.1) is 0 Å². The van der Waals surface area contributed by atoms with Crippen LogP contribution in [0.4, 0.5) is 17.6 Å². The Bertz CT molecular complexity index is 270. The molecule has 1 nitrogen and oxygen atoms in total. The molecule has 68 valence electrons. The van der Waals surface area contributed by atoms with Crippen molar-refractivity contribution in [3.8, 4) is 0 Å². The van der Waals surface area contributed by atoms with Gasteiger partial charge in [-0.1, -0.05) is 0 Å². The zero-order chi connectivity index (χ0) is 9.35. The van der Waals surface area contributed by atoms with E-state index < -0.39 is 12.5 Å². The summed E-state index contributed by atoms with van der Waals surface area (Å²) in [5.74, 6) is 0. The van der Waals surface area contributed by atoms with Crippen molar-refractivity contribution in [1.82, 2.24) is 4.57 Å². The lowest BCUT2D eigenvalue weighted by Crippen LogP contribution is -2.30. The van der Waals surface area contributed by atoms with Crippen molar-refractivity contribution >= 4 is 15.9 Å². The highest BCUT2D eigenvalue weighted by Crippen LogP contribution is 2.29. The molecule has 0 saturated heterocycles. The smallest absolute Gasteiger partial charge is 0.290 e. The molecule has 0 aliphatic heterocycles. The van der Waals surface area contributed by atoms with Gasteiger partial charge >= 0.3 is 12.5 Å². The number of aromatic nitrogens is 1. The van der Waals surface area contributed by atoms with E-state index in [1.807, 2.05) is 0 Å². The minimum atomic E-state index is -4.13. The molecular weight excluding hydrogens is 242 g/mol. The van der Waals surface area contributed by atoms with Gasteiger partial charge in [0.25, 0.3) is 0 Å². The van der Waals surface area contributed by atoms with Gasteiger partial charge in [-0.05, 0) is 22.0 Å². The minimum absolute atomic E-state index is 0.168. The number of hydrogen-bond donors (Lipinski definition) is 0. The molecule has 0 aliphatic carbocycles. The van der Waals surface area contributed by atoms with Crippen molar-refractivity contribution in [1.29, 1.82) is 0 Å². The Balaban J connectivity index is 2.97. The lowest BCUT2D eigenvalue weighted by molar-refractivity contribution is -0.189. The molecule has 1 aromatic rings. The molecule has 1 rings (SSSR count). The van der Waals surface area contributed by atoms with E-state index in [2.05, 4.69) is 15.9 Å². The van der Waals surface area contributed by atoms with Gasteiger partial charge in [0, 0.05) is 16.9 Å². The molecule has 0 unspecified atom stereocenters. The van der Waals surface area contributed by atoms with E-state index in [4.69, 9.17) is 0 Å². The monoisotopic (exact) mass is 245 g/mol. The first kappa shape index (κ1) is 9.57. The van der Waals surface area contributed by atoms with E-state index in [0.717, 1.165) is 12.4 Å². The Hall–Kier alpha value is -0.520. The number of hydrogen-bond acceptors (Lipinski definition) is 0. The fraction of sp³-hybridized carbons (Fsp3) is 0.333. The van der Waals surface area contributed by atoms with Gasteiger partial charge < -0.3 is 0 Å². The molecule has 1 heterocycles. The van der Waals surface area contributed by atoms with Crippen molar-refractivity contribution < 1.29 is 17.6 Å². The Morgan fingerprint density at radius 2 is 2.00 bits per heavy atom. The quantitative estimate of drug-likeness (QED) is 0.706. The second-order valence-electron chi connectivity index (χ2n) is 2.13. The molecule has 0 amide bonds. The van der Waals surface area contributed by atoms with Crippen molar-refractivity contribution in [2.75, 3.05) is 0 Å². The van der Waals surface area contributed by atoms with E-state index >= 15 is 0 Å². The summed E-state index contributed by atoms with van der Waals surface area (Å²) in [6.07, 6.45) is -1.92. The van der Waals surface area contributed by atoms with Crippen LogP contribution in [0.2, 0.25) is 0 Å². The van der Waals surface area contributed by atoms with E-state index in [1.165, 1.54) is 6.07 Å². The second-order valence-corrected chi connectivity index (χ2v) is 3.04. The number of alkyl halides is 4. The molecule has 0 fully saturated rings. The predicted octanol–water partition coefficient (Wildman–Crippen LogP) is 3.07. The maximum atomic E-state index is 12.5. The molecule has 0 aliphatic rings. The zero-order valence-electron chi connectivity index (χ0n) is 5.65. The second kappa shape index (κ2) is 3.08. The molecule has 6 heteroatoms. The maximum Gasteiger partial charge on any atom is 0.389 e. The van der Waals surface area contributed by atoms with Crippen molar-refractivity contribution in [3.63, 3.8) is 0 Å². The van der Waals surface area contributed by atoms with Crippen LogP contribution < -0.4 is 0 Å². The molecule has 0 radical (unpaired) electrons. The van der Waals surface area contributed by atoms with Crippen LogP contribution in [0.5, 0.6) is 0 Å². The first-order valence-corrected chi connectivity index (χ1v) is 3.74. The summed E-state index contributed by atoms with van der Waals surface area (Å²) in [6.45, 7) is 0. The highest BCUT2D eigenvalue weighted by Gasteiger charge is 2.42. The average Bonchev–Trinajstić information content (AvgIpc) is 2.35. The summed E-state index contributed by atoms with van der Waals surface area (Å²) in [5.41, 5.74) is 0. The van der Waals surface area contributed by atoms with Crippen LogP contribution in [0.25, 0.3) is 0 Å². The molecule has 0 aromatic carbocycles. The van der Waals surface area contributed by atoms with Gasteiger partial charge in [0.15, 0.2) is 0 Å². The lowest BCUT2D eigenvalue weighted by atomic mass is 10.5. The maximum absolute atomic E-state index is 12.5. The SMILES string of the molecule is FC(F)C(F)(F)n1ccc(Br)c1. The zero-order valence-corrected chi connectivity index (χ0v) is 7.23. The van der Waals surface area contributed by atoms with Crippen LogP contribution in [0, 0.1) is 0 Å². The molecule has 0 saturated carbocycles. The first-order chi connectivity index (χ1) is 5.44. The highest BCUT2D eigenvalue weighted by molar-refractivity contribution is 9.10. The standard InChI is InChI=1S/C6H4BrF4N/c7-4-1-2-12(3-4)6(10,11)5(8)9/h1-3,5H. The van der Waals surface area contributed by atoms with E-state index in [9.17, 15) is 17.6 Å². The number of nitrogens with zero attached hydrogens (tertiary/aromatic N) is 1. The van der Waals surface area contributed by atoms with Crippen LogP contribution in [-0.4, -0.2) is 11.0 Å². The van der Waals surface area contributed by atoms with Crippen LogP contribution in [0.3, 0.4) is 0 Å². The van der Waals surface area contributed by atoms with E-state index in [1.54, 1.807) is 0 Å². The molecule has 0 atom stereocenters. The topological polar surface area (TPSA) is 4.93 Å². The van der Waals surface area contributed by atoms with Crippen LogP contribution in [0.15, 0.2) is 22.9 Å². The Labute approximate surface area is 74.1 Å². The highest BCUT2D eigenvalue weighted by atomic mass is 79.9. The summed E-state index contributed by atoms with van der Waals surface area (Å²) in [4.78, 5) is 0. The van der Waals surface area contributed by atoms with Crippen molar-refractivity contribution in [2.24, 2.45) is 0 Å². The van der Waals surface area contributed by atoms with Crippen LogP contribution in [-0.2, 0) is 6.05 Å². The van der Waals surface area contributed by atoms with Crippen LogP contribution in [0.1, 0.15) is 0 Å². The third-order valence-corrected chi connectivity index (χ3v) is 1.73. The summed E-state index contributed by atoms with van der Waals surface area (Å²) < 4.78 is 48.9. The molecule has 0 spiro atoms. The third kappa shape index (κ3) is 1.63. The van der Waals surface area contributed by atoms with E-state index in [-0.39, 0.29) is 4.57 Å². The largest absolute Gasteiger partial charge is 0.389 e. The molecule has 0 N–H and O–H groups in total. The molecule has 12 heavy (non-hydrogen) atoms. The normalized spacial score (nSPS) is 12.5. The minimum Gasteiger partial charge on any atom is -0.290 e. The average molecular weight is 246 g/mol. The van der Waals surface area contributed by atoms with Gasteiger partial charge in [-0.25, -0.2) is 8.78 Å². The lowest BCUT2D eigenvalue weighted by Gasteiger charge is -2.16. The van der Waals surface area contributed by atoms with Gasteiger partial charge in [0.1, 0.15) is 0 Å². The number of rotatable bonds is 2. The summed E-state index contributed by atoms with van der Waals surface area (Å²) in [6, 6.07) is -2.87. The molecule has 1 aromatic heterocycles. The van der Waals surface area contributed by atoms with E-state index in [0.29, 0.717) is 4.47 Å². The van der Waals surface area contributed by atoms with Crippen LogP contribution >= 0.6 is 15.9 Å². The number of halogens is 5. The Kier molecular flexibility index (Phi) is 2.46. The summed E-state index contributed by atoms with van der Waals surface area (Å²) in [7, 11) is 0. The fourth-order valence-electron chi connectivity index (χ4n) is 0.669. The van der Waals surface area contributed by atoms with Crippen molar-refractivity contribution in [2.45, 2.75) is 12.5 Å². The summed E-state index contributed by atoms with van der Waals surface area (Å²) in [5, 5.41) is 0. The Morgan fingerprint density at radius 1 is 1.42 bits per heavy atom. The van der Waals surface area contributed by atoms with Gasteiger partial charge in [0.2, 0.25) is 0 Å². The molecular formula is C6H4BrF4N. The Morgan fingerprint density at radius 3 is 2.33 bits per heavy atom. The predicted molar refractivity (Wildman–Crippen MR) is 38.3 cm³/mol. The van der Waals surface area contributed by atoms with Gasteiger partial charge in [0.05, 0.1) is 0 Å². The first-order valence-electron chi connectivity index (χ1n) is 2.94. The summed E-state index contributed by atoms with van der Waals surface area (Å²) >= 11 is 2.87. The molecule has 0 bridgehead atoms.